The van der Waals surface area contributed by atoms with Crippen LogP contribution in [0.5, 0.6) is 5.75 Å². The molecule has 1 aromatic rings. The van der Waals surface area contributed by atoms with E-state index >= 15 is 0 Å². The molecule has 0 saturated heterocycles. The SMILES string of the molecule is Cc1cccc2c1OCCCC2NCCS(N)(=O)=O. The number of ether oxygens (including phenoxy) is 1. The average Bonchev–Trinajstić information content (AvgIpc) is 2.52. The third-order valence-electron chi connectivity index (χ3n) is 3.28. The van der Waals surface area contributed by atoms with E-state index in [9.17, 15) is 8.42 Å². The van der Waals surface area contributed by atoms with E-state index < -0.39 is 10.0 Å². The molecule has 0 saturated carbocycles. The normalized spacial score (nSPS) is 19.4. The number of benzene rings is 1. The quantitative estimate of drug-likeness (QED) is 0.867. The Balaban J connectivity index is 2.12. The molecule has 3 N–H and O–H groups in total. The van der Waals surface area contributed by atoms with Crippen LogP contribution in [-0.4, -0.2) is 27.3 Å². The van der Waals surface area contributed by atoms with Gasteiger partial charge in [-0.2, -0.15) is 0 Å². The Morgan fingerprint density at radius 1 is 1.47 bits per heavy atom. The zero-order valence-corrected chi connectivity index (χ0v) is 11.9. The van der Waals surface area contributed by atoms with Crippen LogP contribution in [0.1, 0.15) is 30.0 Å². The number of hydrogen-bond donors (Lipinski definition) is 2. The van der Waals surface area contributed by atoms with Gasteiger partial charge in [0.15, 0.2) is 0 Å². The number of nitrogens with one attached hydrogen (secondary N) is 1. The summed E-state index contributed by atoms with van der Waals surface area (Å²) in [5.41, 5.74) is 2.21. The van der Waals surface area contributed by atoms with Crippen molar-refractivity contribution >= 4 is 10.0 Å². The first-order chi connectivity index (χ1) is 8.97. The van der Waals surface area contributed by atoms with Crippen molar-refractivity contribution in [3.63, 3.8) is 0 Å². The van der Waals surface area contributed by atoms with Gasteiger partial charge in [-0.3, -0.25) is 0 Å². The van der Waals surface area contributed by atoms with E-state index in [1.165, 1.54) is 0 Å². The highest BCUT2D eigenvalue weighted by atomic mass is 32.2. The highest BCUT2D eigenvalue weighted by molar-refractivity contribution is 7.89. The Morgan fingerprint density at radius 2 is 2.26 bits per heavy atom. The molecule has 106 valence electrons. The van der Waals surface area contributed by atoms with Gasteiger partial charge in [0.25, 0.3) is 0 Å². The third kappa shape index (κ3) is 3.92. The van der Waals surface area contributed by atoms with Crippen LogP contribution in [0.2, 0.25) is 0 Å². The van der Waals surface area contributed by atoms with E-state index in [4.69, 9.17) is 9.88 Å². The first kappa shape index (κ1) is 14.3. The number of aryl methyl sites for hydroxylation is 1. The standard InChI is InChI=1S/C13H20N2O3S/c1-10-4-2-5-11-12(6-3-8-18-13(10)11)15-7-9-19(14,16)17/h2,4-5,12,15H,3,6-9H2,1H3,(H2,14,16,17). The molecule has 1 heterocycles. The van der Waals surface area contributed by atoms with Crippen molar-refractivity contribution in [2.24, 2.45) is 5.14 Å². The summed E-state index contributed by atoms with van der Waals surface area (Å²) in [6.45, 7) is 3.08. The van der Waals surface area contributed by atoms with Gasteiger partial charge in [-0.05, 0) is 25.3 Å². The van der Waals surface area contributed by atoms with Crippen molar-refractivity contribution in [2.75, 3.05) is 18.9 Å². The van der Waals surface area contributed by atoms with Crippen molar-refractivity contribution in [2.45, 2.75) is 25.8 Å². The lowest BCUT2D eigenvalue weighted by molar-refractivity contribution is 0.313. The first-order valence-electron chi connectivity index (χ1n) is 6.43. The topological polar surface area (TPSA) is 81.4 Å². The van der Waals surface area contributed by atoms with Gasteiger partial charge in [0.1, 0.15) is 5.75 Å². The summed E-state index contributed by atoms with van der Waals surface area (Å²) in [6, 6.07) is 6.17. The number of sulfonamides is 1. The molecular formula is C13H20N2O3S. The maximum atomic E-state index is 11.0. The van der Waals surface area contributed by atoms with Crippen molar-refractivity contribution in [1.29, 1.82) is 0 Å². The fourth-order valence-electron chi connectivity index (χ4n) is 2.35. The Labute approximate surface area is 114 Å². The molecule has 0 bridgehead atoms. The molecule has 1 aromatic carbocycles. The van der Waals surface area contributed by atoms with Gasteiger partial charge in [0.05, 0.1) is 12.4 Å². The van der Waals surface area contributed by atoms with Crippen LogP contribution < -0.4 is 15.2 Å². The van der Waals surface area contributed by atoms with E-state index in [-0.39, 0.29) is 11.8 Å². The summed E-state index contributed by atoms with van der Waals surface area (Å²) in [4.78, 5) is 0. The highest BCUT2D eigenvalue weighted by Gasteiger charge is 2.20. The molecule has 5 nitrogen and oxygen atoms in total. The van der Waals surface area contributed by atoms with Crippen molar-refractivity contribution in [3.05, 3.63) is 29.3 Å². The van der Waals surface area contributed by atoms with Crippen molar-refractivity contribution in [3.8, 4) is 5.75 Å². The molecule has 1 aliphatic heterocycles. The van der Waals surface area contributed by atoms with E-state index in [0.29, 0.717) is 13.2 Å². The predicted octanol–water partition coefficient (Wildman–Crippen LogP) is 1.09. The van der Waals surface area contributed by atoms with Gasteiger partial charge >= 0.3 is 0 Å². The fraction of sp³-hybridized carbons (Fsp3) is 0.538. The van der Waals surface area contributed by atoms with Crippen LogP contribution in [0.4, 0.5) is 0 Å². The van der Waals surface area contributed by atoms with E-state index in [0.717, 1.165) is 29.7 Å². The van der Waals surface area contributed by atoms with Crippen molar-refractivity contribution < 1.29 is 13.2 Å². The summed E-state index contributed by atoms with van der Waals surface area (Å²) in [6.07, 6.45) is 1.88. The number of hydrogen-bond acceptors (Lipinski definition) is 4. The molecule has 1 atom stereocenters. The van der Waals surface area contributed by atoms with Crippen LogP contribution in [0, 0.1) is 6.92 Å². The van der Waals surface area contributed by atoms with E-state index in [1.807, 2.05) is 25.1 Å². The number of nitrogens with two attached hydrogens (primary N) is 1. The molecule has 0 spiro atoms. The van der Waals surface area contributed by atoms with E-state index in [2.05, 4.69) is 5.32 Å². The molecule has 1 unspecified atom stereocenters. The highest BCUT2D eigenvalue weighted by Crippen LogP contribution is 2.33. The number of fused-ring (bicyclic) bond motifs is 1. The second kappa shape index (κ2) is 5.90. The van der Waals surface area contributed by atoms with Gasteiger partial charge in [0, 0.05) is 18.2 Å². The van der Waals surface area contributed by atoms with Gasteiger partial charge in [-0.15, -0.1) is 0 Å². The van der Waals surface area contributed by atoms with Crippen LogP contribution in [0.25, 0.3) is 0 Å². The summed E-state index contributed by atoms with van der Waals surface area (Å²) >= 11 is 0. The largest absolute Gasteiger partial charge is 0.493 e. The van der Waals surface area contributed by atoms with Gasteiger partial charge in [-0.25, -0.2) is 13.6 Å². The minimum absolute atomic E-state index is 0.0501. The molecule has 0 fully saturated rings. The lowest BCUT2D eigenvalue weighted by Crippen LogP contribution is -2.30. The number of para-hydroxylation sites is 1. The molecular weight excluding hydrogens is 264 g/mol. The lowest BCUT2D eigenvalue weighted by Gasteiger charge is -2.19. The molecule has 0 aliphatic carbocycles. The van der Waals surface area contributed by atoms with Crippen LogP contribution in [0.3, 0.4) is 0 Å². The first-order valence-corrected chi connectivity index (χ1v) is 8.15. The summed E-state index contributed by atoms with van der Waals surface area (Å²) in [5.74, 6) is 0.874. The Bertz CT molecular complexity index is 543. The van der Waals surface area contributed by atoms with Crippen LogP contribution in [0.15, 0.2) is 18.2 Å². The minimum Gasteiger partial charge on any atom is -0.493 e. The molecule has 0 radical (unpaired) electrons. The third-order valence-corrected chi connectivity index (χ3v) is 4.05. The zero-order valence-electron chi connectivity index (χ0n) is 11.1. The Hall–Kier alpha value is -1.11. The number of rotatable bonds is 4. The number of primary sulfonamides is 1. The maximum absolute atomic E-state index is 11.0. The van der Waals surface area contributed by atoms with Gasteiger partial charge < -0.3 is 10.1 Å². The summed E-state index contributed by atoms with van der Waals surface area (Å²) in [7, 11) is -3.41. The molecule has 1 aliphatic rings. The second-order valence-corrected chi connectivity index (χ2v) is 6.59. The Morgan fingerprint density at radius 3 is 3.00 bits per heavy atom. The molecule has 0 aromatic heterocycles. The van der Waals surface area contributed by atoms with Crippen LogP contribution >= 0.6 is 0 Å². The average molecular weight is 284 g/mol. The molecule has 19 heavy (non-hydrogen) atoms. The van der Waals surface area contributed by atoms with Crippen LogP contribution in [-0.2, 0) is 10.0 Å². The summed E-state index contributed by atoms with van der Waals surface area (Å²) in [5, 5.41) is 8.27. The van der Waals surface area contributed by atoms with E-state index in [1.54, 1.807) is 0 Å². The predicted molar refractivity (Wildman–Crippen MR) is 74.6 cm³/mol. The smallest absolute Gasteiger partial charge is 0.210 e. The monoisotopic (exact) mass is 284 g/mol. The molecule has 2 rings (SSSR count). The summed E-state index contributed by atoms with van der Waals surface area (Å²) < 4.78 is 27.7. The second-order valence-electron chi connectivity index (χ2n) is 4.86. The molecule has 0 amide bonds. The van der Waals surface area contributed by atoms with Gasteiger partial charge in [-0.1, -0.05) is 18.2 Å². The van der Waals surface area contributed by atoms with Gasteiger partial charge in [0.2, 0.25) is 10.0 Å². The van der Waals surface area contributed by atoms with Crippen molar-refractivity contribution in [1.82, 2.24) is 5.32 Å². The Kier molecular flexibility index (Phi) is 4.44. The minimum atomic E-state index is -3.41. The maximum Gasteiger partial charge on any atom is 0.210 e. The lowest BCUT2D eigenvalue weighted by atomic mass is 10.00. The fourth-order valence-corrected chi connectivity index (χ4v) is 2.75. The zero-order chi connectivity index (χ0) is 13.9. The molecule has 6 heteroatoms.